The fourth-order valence-electron chi connectivity index (χ4n) is 3.31. The molecule has 0 fully saturated rings. The Bertz CT molecular complexity index is 527. The zero-order valence-electron chi connectivity index (χ0n) is 15.3. The first kappa shape index (κ1) is 20.7. The van der Waals surface area contributed by atoms with Gasteiger partial charge in [-0.15, -0.1) is 0 Å². The Kier molecular flexibility index (Phi) is 11.8. The Labute approximate surface area is 165 Å². The summed E-state index contributed by atoms with van der Waals surface area (Å²) < 4.78 is 0. The molecule has 0 unspecified atom stereocenters. The van der Waals surface area contributed by atoms with Crippen molar-refractivity contribution in [3.8, 4) is 0 Å². The molecule has 0 heterocycles. The minimum Gasteiger partial charge on any atom is -0.0654 e. The molecule has 0 amide bonds. The first-order valence-electron chi connectivity index (χ1n) is 9.38. The molecule has 2 rings (SSSR count). The number of hydrogen-bond donors (Lipinski definition) is 0. The molecular formula is C22H32Na+. The molecule has 23 heavy (non-hydrogen) atoms. The predicted octanol–water partition coefficient (Wildman–Crippen LogP) is 4.31. The number of unbranched alkanes of at least 4 members (excludes halogenated alkanes) is 9. The summed E-state index contributed by atoms with van der Waals surface area (Å²) >= 11 is 0. The Morgan fingerprint density at radius 3 is 1.87 bits per heavy atom. The molecule has 0 saturated heterocycles. The van der Waals surface area contributed by atoms with Crippen LogP contribution in [0.15, 0.2) is 42.5 Å². The van der Waals surface area contributed by atoms with Gasteiger partial charge in [0, 0.05) is 0 Å². The van der Waals surface area contributed by atoms with Crippen LogP contribution in [0.4, 0.5) is 0 Å². The van der Waals surface area contributed by atoms with Gasteiger partial charge in [0.15, 0.2) is 0 Å². The van der Waals surface area contributed by atoms with Crippen LogP contribution in [0, 0.1) is 0 Å². The minimum absolute atomic E-state index is 0. The second-order valence-electron chi connectivity index (χ2n) is 6.57. The van der Waals surface area contributed by atoms with Crippen LogP contribution in [0.1, 0.15) is 76.7 Å². The Hall–Kier alpha value is -0.300. The minimum atomic E-state index is 0. The summed E-state index contributed by atoms with van der Waals surface area (Å²) in [5.74, 6) is 0. The van der Waals surface area contributed by atoms with E-state index in [1.54, 1.807) is 0 Å². The van der Waals surface area contributed by atoms with E-state index in [4.69, 9.17) is 0 Å². The van der Waals surface area contributed by atoms with E-state index < -0.39 is 0 Å². The predicted molar refractivity (Wildman–Crippen MR) is 99.5 cm³/mol. The molecule has 0 aliphatic rings. The zero-order valence-corrected chi connectivity index (χ0v) is 17.3. The summed E-state index contributed by atoms with van der Waals surface area (Å²) in [4.78, 5) is 0. The van der Waals surface area contributed by atoms with E-state index in [0.717, 1.165) is 0 Å². The maximum atomic E-state index is 2.30. The zero-order chi connectivity index (χ0) is 15.5. The molecule has 0 radical (unpaired) electrons. The molecule has 0 saturated carbocycles. The molecule has 0 atom stereocenters. The van der Waals surface area contributed by atoms with Crippen molar-refractivity contribution < 1.29 is 29.6 Å². The van der Waals surface area contributed by atoms with Crippen molar-refractivity contribution in [2.45, 2.75) is 77.6 Å². The summed E-state index contributed by atoms with van der Waals surface area (Å²) in [6.45, 7) is 2.29. The normalized spacial score (nSPS) is 10.7. The standard InChI is InChI=1S/C22H32.Na/c1-2-3-4-5-6-7-8-9-10-11-15-20-17-14-18-21-16-12-13-19-22(20)21;/h12-14,16-19H,2-11,15H2,1H3;/q;+1. The molecule has 0 aliphatic heterocycles. The first-order chi connectivity index (χ1) is 10.9. The maximum Gasteiger partial charge on any atom is 1.00 e. The maximum absolute atomic E-state index is 2.30. The summed E-state index contributed by atoms with van der Waals surface area (Å²) in [5.41, 5.74) is 1.53. The molecule has 0 aromatic heterocycles. The van der Waals surface area contributed by atoms with Crippen molar-refractivity contribution in [1.29, 1.82) is 0 Å². The van der Waals surface area contributed by atoms with Crippen molar-refractivity contribution in [1.82, 2.24) is 0 Å². The Morgan fingerprint density at radius 1 is 0.609 bits per heavy atom. The SMILES string of the molecule is CCCCCCCCCCCCc1cccc2ccccc12.[Na+]. The van der Waals surface area contributed by atoms with Gasteiger partial charge in [0.1, 0.15) is 0 Å². The van der Waals surface area contributed by atoms with Crippen LogP contribution in [0.5, 0.6) is 0 Å². The molecule has 120 valence electrons. The average Bonchev–Trinajstić information content (AvgIpc) is 2.56. The van der Waals surface area contributed by atoms with Gasteiger partial charge in [-0.05, 0) is 29.2 Å². The van der Waals surface area contributed by atoms with Gasteiger partial charge in [0.05, 0.1) is 0 Å². The molecule has 0 N–H and O–H groups in total. The van der Waals surface area contributed by atoms with Crippen molar-refractivity contribution in [3.63, 3.8) is 0 Å². The van der Waals surface area contributed by atoms with Gasteiger partial charge in [-0.1, -0.05) is 107 Å². The topological polar surface area (TPSA) is 0 Å². The summed E-state index contributed by atoms with van der Waals surface area (Å²) in [7, 11) is 0. The molecule has 0 nitrogen and oxygen atoms in total. The average molecular weight is 319 g/mol. The molecule has 2 aromatic rings. The second-order valence-corrected chi connectivity index (χ2v) is 6.57. The van der Waals surface area contributed by atoms with Gasteiger partial charge in [-0.3, -0.25) is 0 Å². The second kappa shape index (κ2) is 13.0. The fourth-order valence-corrected chi connectivity index (χ4v) is 3.31. The van der Waals surface area contributed by atoms with E-state index in [1.165, 1.54) is 87.0 Å². The van der Waals surface area contributed by atoms with E-state index >= 15 is 0 Å². The van der Waals surface area contributed by atoms with E-state index in [9.17, 15) is 0 Å². The number of rotatable bonds is 11. The van der Waals surface area contributed by atoms with Crippen LogP contribution in [0.25, 0.3) is 10.8 Å². The Morgan fingerprint density at radius 2 is 1.17 bits per heavy atom. The third-order valence-electron chi connectivity index (χ3n) is 4.68. The first-order valence-corrected chi connectivity index (χ1v) is 9.38. The van der Waals surface area contributed by atoms with Crippen LogP contribution in [0.3, 0.4) is 0 Å². The third-order valence-corrected chi connectivity index (χ3v) is 4.68. The monoisotopic (exact) mass is 319 g/mol. The summed E-state index contributed by atoms with van der Waals surface area (Å²) in [5, 5.41) is 2.83. The van der Waals surface area contributed by atoms with E-state index in [1.807, 2.05) is 0 Å². The van der Waals surface area contributed by atoms with Crippen molar-refractivity contribution in [2.75, 3.05) is 0 Å². The summed E-state index contributed by atoms with van der Waals surface area (Å²) in [6, 6.07) is 15.5. The van der Waals surface area contributed by atoms with Gasteiger partial charge in [-0.25, -0.2) is 0 Å². The van der Waals surface area contributed by atoms with Gasteiger partial charge in [0.25, 0.3) is 0 Å². The summed E-state index contributed by atoms with van der Waals surface area (Å²) in [6.07, 6.45) is 15.4. The van der Waals surface area contributed by atoms with Gasteiger partial charge in [0.2, 0.25) is 0 Å². The number of fused-ring (bicyclic) bond motifs is 1. The van der Waals surface area contributed by atoms with Gasteiger partial charge in [-0.2, -0.15) is 0 Å². The third kappa shape index (κ3) is 7.88. The molecule has 1 heteroatoms. The number of benzene rings is 2. The largest absolute Gasteiger partial charge is 1.00 e. The van der Waals surface area contributed by atoms with Crippen LogP contribution < -0.4 is 29.6 Å². The van der Waals surface area contributed by atoms with Crippen LogP contribution >= 0.6 is 0 Å². The van der Waals surface area contributed by atoms with Gasteiger partial charge < -0.3 is 0 Å². The van der Waals surface area contributed by atoms with Gasteiger partial charge >= 0.3 is 29.6 Å². The van der Waals surface area contributed by atoms with Crippen molar-refractivity contribution in [2.24, 2.45) is 0 Å². The smallest absolute Gasteiger partial charge is 0.0654 e. The van der Waals surface area contributed by atoms with Crippen molar-refractivity contribution in [3.05, 3.63) is 48.0 Å². The molecule has 0 bridgehead atoms. The van der Waals surface area contributed by atoms with E-state index in [0.29, 0.717) is 0 Å². The molecule has 0 spiro atoms. The fraction of sp³-hybridized carbons (Fsp3) is 0.545. The van der Waals surface area contributed by atoms with Crippen LogP contribution in [0.2, 0.25) is 0 Å². The number of aryl methyl sites for hydroxylation is 1. The molecule has 2 aromatic carbocycles. The Balaban J connectivity index is 0.00000264. The number of hydrogen-bond acceptors (Lipinski definition) is 0. The van der Waals surface area contributed by atoms with Crippen LogP contribution in [-0.2, 0) is 6.42 Å². The molecule has 0 aliphatic carbocycles. The quantitative estimate of drug-likeness (QED) is 0.428. The van der Waals surface area contributed by atoms with E-state index in [-0.39, 0.29) is 29.6 Å². The van der Waals surface area contributed by atoms with E-state index in [2.05, 4.69) is 49.4 Å². The van der Waals surface area contributed by atoms with Crippen molar-refractivity contribution >= 4 is 10.8 Å². The molecular weight excluding hydrogens is 287 g/mol. The van der Waals surface area contributed by atoms with Crippen LogP contribution in [-0.4, -0.2) is 0 Å².